The van der Waals surface area contributed by atoms with Crippen molar-refractivity contribution in [2.75, 3.05) is 6.54 Å². The number of hydrogen-bond donors (Lipinski definition) is 1. The normalized spacial score (nSPS) is 12.0. The Hall–Kier alpha value is -2.35. The molecule has 0 amide bonds. The fraction of sp³-hybridized carbons (Fsp3) is 0.208. The molecule has 0 saturated heterocycles. The van der Waals surface area contributed by atoms with E-state index in [2.05, 4.69) is 119 Å². The molecule has 3 heteroatoms. The monoisotopic (exact) mass is 421 g/mol. The summed E-state index contributed by atoms with van der Waals surface area (Å²) in [5.74, 6) is 0. The molecule has 0 saturated carbocycles. The molecule has 1 N–H and O–H groups in total. The summed E-state index contributed by atoms with van der Waals surface area (Å²) >= 11 is 3.14. The van der Waals surface area contributed by atoms with Gasteiger partial charge < -0.3 is 0 Å². The zero-order valence-corrected chi connectivity index (χ0v) is 17.4. The van der Waals surface area contributed by atoms with Gasteiger partial charge in [-0.1, -0.05) is 0 Å². The van der Waals surface area contributed by atoms with Crippen molar-refractivity contribution in [2.24, 2.45) is 4.99 Å². The number of unbranched alkanes of at least 4 members (excludes halogenated alkanes) is 1. The molecule has 0 aromatic heterocycles. The molecule has 0 heterocycles. The number of benzene rings is 3. The molecule has 0 atom stereocenters. The molecule has 3 aromatic carbocycles. The van der Waals surface area contributed by atoms with Gasteiger partial charge in [0.15, 0.2) is 0 Å². The van der Waals surface area contributed by atoms with Crippen LogP contribution in [-0.2, 0) is 5.54 Å². The van der Waals surface area contributed by atoms with Crippen molar-refractivity contribution >= 4 is 20.7 Å². The molecule has 0 aliphatic heterocycles. The van der Waals surface area contributed by atoms with Crippen molar-refractivity contribution in [1.82, 2.24) is 5.32 Å². The quantitative estimate of drug-likeness (QED) is 0.190. The van der Waals surface area contributed by atoms with Crippen molar-refractivity contribution in [3.05, 3.63) is 108 Å². The number of nitrogens with one attached hydrogen (secondary N) is 1. The minimum atomic E-state index is -0.514. The average Bonchev–Trinajstić information content (AvgIpc) is 2.74. The predicted octanol–water partition coefficient (Wildman–Crippen LogP) is 4.89. The molecular formula is C24H25N2Se. The van der Waals surface area contributed by atoms with Crippen LogP contribution in [0.15, 0.2) is 96.0 Å². The average molecular weight is 420 g/mol. The third-order valence-corrected chi connectivity index (χ3v) is 5.17. The van der Waals surface area contributed by atoms with E-state index in [0.717, 1.165) is 24.1 Å². The summed E-state index contributed by atoms with van der Waals surface area (Å²) in [4.78, 5) is 4.73. The second-order valence-corrected chi connectivity index (χ2v) is 7.32. The van der Waals surface area contributed by atoms with Crippen molar-refractivity contribution in [1.29, 1.82) is 0 Å². The first kappa shape index (κ1) is 19.4. The SMILES string of the molecule is CCCCN=C([Se])NC(c1ccccc1)(c1ccccc1)c1ccccc1. The second kappa shape index (κ2) is 9.55. The van der Waals surface area contributed by atoms with Gasteiger partial charge in [-0.05, 0) is 0 Å². The van der Waals surface area contributed by atoms with Crippen LogP contribution in [0.3, 0.4) is 0 Å². The van der Waals surface area contributed by atoms with E-state index in [1.165, 1.54) is 16.7 Å². The first-order valence-electron chi connectivity index (χ1n) is 9.43. The van der Waals surface area contributed by atoms with Crippen LogP contribution in [0.1, 0.15) is 36.5 Å². The van der Waals surface area contributed by atoms with Gasteiger partial charge in [-0.2, -0.15) is 0 Å². The Bertz CT molecular complexity index is 749. The summed E-state index contributed by atoms with van der Waals surface area (Å²) in [6, 6.07) is 31.7. The van der Waals surface area contributed by atoms with Crippen LogP contribution in [0.5, 0.6) is 0 Å². The molecule has 27 heavy (non-hydrogen) atoms. The minimum absolute atomic E-state index is 0.514. The summed E-state index contributed by atoms with van der Waals surface area (Å²) in [6.07, 6.45) is 2.22. The van der Waals surface area contributed by atoms with E-state index in [0.29, 0.717) is 0 Å². The maximum atomic E-state index is 4.73. The molecule has 0 spiro atoms. The number of rotatable bonds is 7. The first-order chi connectivity index (χ1) is 13.3. The van der Waals surface area contributed by atoms with Crippen molar-refractivity contribution in [2.45, 2.75) is 25.3 Å². The van der Waals surface area contributed by atoms with Crippen LogP contribution in [0.25, 0.3) is 0 Å². The maximum absolute atomic E-state index is 4.73. The Morgan fingerprint density at radius 1 is 0.778 bits per heavy atom. The van der Waals surface area contributed by atoms with E-state index in [-0.39, 0.29) is 0 Å². The van der Waals surface area contributed by atoms with Crippen molar-refractivity contribution < 1.29 is 0 Å². The van der Waals surface area contributed by atoms with Gasteiger partial charge in [0, 0.05) is 0 Å². The molecule has 0 unspecified atom stereocenters. The van der Waals surface area contributed by atoms with E-state index in [9.17, 15) is 0 Å². The Balaban J connectivity index is 2.18. The molecular weight excluding hydrogens is 395 g/mol. The second-order valence-electron chi connectivity index (χ2n) is 6.51. The van der Waals surface area contributed by atoms with Crippen molar-refractivity contribution in [3.8, 4) is 0 Å². The first-order valence-corrected chi connectivity index (χ1v) is 10.3. The molecule has 0 aliphatic rings. The number of nitrogens with zero attached hydrogens (tertiary/aromatic N) is 1. The van der Waals surface area contributed by atoms with Gasteiger partial charge in [-0.25, -0.2) is 0 Å². The summed E-state index contributed by atoms with van der Waals surface area (Å²) in [5.41, 5.74) is 3.03. The van der Waals surface area contributed by atoms with Crippen LogP contribution in [0, 0.1) is 0 Å². The van der Waals surface area contributed by atoms with Gasteiger partial charge >= 0.3 is 171 Å². The standard InChI is InChI=1S/C24H25N2Se/c1-2-3-19-25-23(27)26-24(20-13-7-4-8-14-20,21-15-9-5-10-16-21)22-17-11-6-12-18-22/h4-18H,2-3,19H2,1H3,(H,25,26). The predicted molar refractivity (Wildman–Crippen MR) is 115 cm³/mol. The van der Waals surface area contributed by atoms with Crippen LogP contribution < -0.4 is 5.32 Å². The Kier molecular flexibility index (Phi) is 6.86. The molecule has 137 valence electrons. The van der Waals surface area contributed by atoms with Gasteiger partial charge in [-0.3, -0.25) is 0 Å². The molecule has 3 rings (SSSR count). The van der Waals surface area contributed by atoms with E-state index in [4.69, 9.17) is 4.99 Å². The van der Waals surface area contributed by atoms with E-state index in [1.807, 2.05) is 0 Å². The summed E-state index contributed by atoms with van der Waals surface area (Å²) in [5, 5.41) is 3.73. The summed E-state index contributed by atoms with van der Waals surface area (Å²) in [6.45, 7) is 3.00. The molecule has 2 nitrogen and oxygen atoms in total. The van der Waals surface area contributed by atoms with E-state index >= 15 is 0 Å². The van der Waals surface area contributed by atoms with Gasteiger partial charge in [-0.15, -0.1) is 0 Å². The van der Waals surface area contributed by atoms with E-state index < -0.39 is 5.54 Å². The summed E-state index contributed by atoms with van der Waals surface area (Å²) < 4.78 is 0.833. The van der Waals surface area contributed by atoms with Gasteiger partial charge in [0.2, 0.25) is 0 Å². The molecule has 0 fully saturated rings. The van der Waals surface area contributed by atoms with Gasteiger partial charge in [0.25, 0.3) is 0 Å². The zero-order valence-electron chi connectivity index (χ0n) is 15.6. The Morgan fingerprint density at radius 2 is 1.19 bits per heavy atom. The number of amidine groups is 1. The summed E-state index contributed by atoms with van der Waals surface area (Å²) in [7, 11) is 0. The Morgan fingerprint density at radius 3 is 1.56 bits per heavy atom. The topological polar surface area (TPSA) is 24.4 Å². The van der Waals surface area contributed by atoms with Crippen LogP contribution in [-0.4, -0.2) is 27.3 Å². The zero-order chi connectivity index (χ0) is 19.0. The van der Waals surface area contributed by atoms with E-state index in [1.54, 1.807) is 0 Å². The van der Waals surface area contributed by atoms with Gasteiger partial charge in [0.05, 0.1) is 0 Å². The number of aliphatic imine (C=N–C) groups is 1. The van der Waals surface area contributed by atoms with Gasteiger partial charge in [0.1, 0.15) is 0 Å². The van der Waals surface area contributed by atoms with Crippen molar-refractivity contribution in [3.63, 3.8) is 0 Å². The van der Waals surface area contributed by atoms with Crippen LogP contribution >= 0.6 is 0 Å². The third kappa shape index (κ3) is 4.50. The molecule has 0 aliphatic carbocycles. The number of hydrogen-bond acceptors (Lipinski definition) is 1. The molecule has 0 bridgehead atoms. The molecule has 1 radical (unpaired) electrons. The fourth-order valence-electron chi connectivity index (χ4n) is 3.32. The molecule has 3 aromatic rings. The van der Waals surface area contributed by atoms with Crippen LogP contribution in [0.2, 0.25) is 0 Å². The fourth-order valence-corrected chi connectivity index (χ4v) is 3.83. The van der Waals surface area contributed by atoms with Crippen LogP contribution in [0.4, 0.5) is 0 Å². The Labute approximate surface area is 170 Å². The third-order valence-electron chi connectivity index (χ3n) is 4.68.